The lowest BCUT2D eigenvalue weighted by atomic mass is 10.1. The lowest BCUT2D eigenvalue weighted by Gasteiger charge is -2.24. The Labute approximate surface area is 199 Å². The molecule has 0 saturated carbocycles. The normalized spacial score (nSPS) is 12.1. The van der Waals surface area contributed by atoms with Gasteiger partial charge in [-0.1, -0.05) is 36.4 Å². The second-order valence-electron chi connectivity index (χ2n) is 8.92. The molecule has 8 heteroatoms. The molecule has 1 amide bonds. The Bertz CT molecular complexity index is 1110. The molecule has 1 heterocycles. The van der Waals surface area contributed by atoms with Crippen LogP contribution in [0.15, 0.2) is 60.8 Å². The van der Waals surface area contributed by atoms with E-state index in [1.165, 1.54) is 0 Å². The average molecular weight is 466 g/mol. The zero-order chi connectivity index (χ0) is 24.6. The van der Waals surface area contributed by atoms with Gasteiger partial charge in [-0.05, 0) is 56.3 Å². The Balaban J connectivity index is 1.60. The molecule has 1 atom stereocenters. The zero-order valence-electron chi connectivity index (χ0n) is 19.7. The summed E-state index contributed by atoms with van der Waals surface area (Å²) in [6.07, 6.45) is 1.51. The highest BCUT2D eigenvalue weighted by Crippen LogP contribution is 2.24. The molecule has 0 aliphatic rings. The molecular weight excluding hydrogens is 434 g/mol. The molecule has 2 aromatic carbocycles. The third kappa shape index (κ3) is 7.95. The predicted molar refractivity (Wildman–Crippen MR) is 130 cm³/mol. The number of carbonyl (C=O) groups excluding carboxylic acids is 2. The summed E-state index contributed by atoms with van der Waals surface area (Å²) in [4.78, 5) is 28.7. The van der Waals surface area contributed by atoms with Crippen molar-refractivity contribution in [2.75, 3.05) is 12.3 Å². The molecule has 0 fully saturated rings. The molecule has 0 radical (unpaired) electrons. The van der Waals surface area contributed by atoms with E-state index in [0.717, 1.165) is 16.3 Å². The Morgan fingerprint density at radius 1 is 1.09 bits per heavy atom. The molecule has 1 aromatic heterocycles. The largest absolute Gasteiger partial charge is 0.491 e. The third-order valence-electron chi connectivity index (χ3n) is 4.88. The van der Waals surface area contributed by atoms with E-state index >= 15 is 0 Å². The van der Waals surface area contributed by atoms with Gasteiger partial charge in [0.1, 0.15) is 30.4 Å². The Kier molecular flexibility index (Phi) is 8.29. The number of hydrogen-bond donors (Lipinski definition) is 2. The highest BCUT2D eigenvalue weighted by atomic mass is 16.6. The number of anilines is 1. The van der Waals surface area contributed by atoms with Gasteiger partial charge in [0.25, 0.3) is 0 Å². The van der Waals surface area contributed by atoms with Crippen molar-refractivity contribution in [3.05, 3.63) is 66.4 Å². The topological polar surface area (TPSA) is 113 Å². The maximum Gasteiger partial charge on any atom is 0.407 e. The minimum absolute atomic E-state index is 0.116. The van der Waals surface area contributed by atoms with E-state index in [2.05, 4.69) is 10.3 Å². The van der Waals surface area contributed by atoms with Crippen LogP contribution in [0.25, 0.3) is 10.8 Å². The number of ether oxygens (including phenoxy) is 3. The fraction of sp³-hybridized carbons (Fsp3) is 0.346. The van der Waals surface area contributed by atoms with Crippen molar-refractivity contribution < 1.29 is 23.8 Å². The number of amides is 1. The number of esters is 1. The standard InChI is InChI=1S/C26H31N3O5/c1-26(2,3)34-25(31)29-20(10-12-23(30)33-16-18-7-5-4-6-8-18)17-32-21-11-9-19-13-14-28-24(27)22(19)15-21/h4-9,11,13-15,20H,10,12,16-17H2,1-3H3,(H2,27,28)(H,29,31)/t20-/m1/s1. The van der Waals surface area contributed by atoms with Gasteiger partial charge in [-0.2, -0.15) is 0 Å². The molecule has 0 spiro atoms. The zero-order valence-corrected chi connectivity index (χ0v) is 19.7. The molecule has 34 heavy (non-hydrogen) atoms. The highest BCUT2D eigenvalue weighted by molar-refractivity contribution is 5.91. The quantitative estimate of drug-likeness (QED) is 0.444. The van der Waals surface area contributed by atoms with E-state index < -0.39 is 17.7 Å². The lowest BCUT2D eigenvalue weighted by Crippen LogP contribution is -2.42. The van der Waals surface area contributed by atoms with Gasteiger partial charge in [-0.15, -0.1) is 0 Å². The fourth-order valence-corrected chi connectivity index (χ4v) is 3.23. The van der Waals surface area contributed by atoms with E-state index in [1.54, 1.807) is 33.0 Å². The summed E-state index contributed by atoms with van der Waals surface area (Å²) >= 11 is 0. The average Bonchev–Trinajstić information content (AvgIpc) is 2.79. The van der Waals surface area contributed by atoms with Gasteiger partial charge in [0, 0.05) is 18.0 Å². The second-order valence-corrected chi connectivity index (χ2v) is 8.92. The van der Waals surface area contributed by atoms with Gasteiger partial charge in [0.05, 0.1) is 6.04 Å². The van der Waals surface area contributed by atoms with Crippen molar-refractivity contribution in [2.24, 2.45) is 0 Å². The monoisotopic (exact) mass is 465 g/mol. The van der Waals surface area contributed by atoms with Gasteiger partial charge in [0.2, 0.25) is 0 Å². The van der Waals surface area contributed by atoms with Gasteiger partial charge in [-0.3, -0.25) is 4.79 Å². The molecule has 0 aliphatic heterocycles. The number of nitrogen functional groups attached to an aromatic ring is 1. The molecule has 180 valence electrons. The van der Waals surface area contributed by atoms with E-state index in [4.69, 9.17) is 19.9 Å². The maximum atomic E-state index is 12.3. The van der Waals surface area contributed by atoms with E-state index in [0.29, 0.717) is 18.0 Å². The SMILES string of the molecule is CC(C)(C)OC(=O)N[C@H](CCC(=O)OCc1ccccc1)COc1ccc2ccnc(N)c2c1. The summed E-state index contributed by atoms with van der Waals surface area (Å²) in [6, 6.07) is 16.4. The van der Waals surface area contributed by atoms with E-state index in [9.17, 15) is 9.59 Å². The van der Waals surface area contributed by atoms with Crippen LogP contribution in [-0.4, -0.2) is 35.3 Å². The predicted octanol–water partition coefficient (Wildman–Crippen LogP) is 4.61. The van der Waals surface area contributed by atoms with Crippen LogP contribution in [0.5, 0.6) is 5.75 Å². The Hall–Kier alpha value is -3.81. The molecule has 0 bridgehead atoms. The van der Waals surface area contributed by atoms with Crippen LogP contribution in [0.3, 0.4) is 0 Å². The number of pyridine rings is 1. The first-order chi connectivity index (χ1) is 16.2. The summed E-state index contributed by atoms with van der Waals surface area (Å²) in [7, 11) is 0. The molecule has 3 rings (SSSR count). The minimum Gasteiger partial charge on any atom is -0.491 e. The number of rotatable bonds is 9. The number of benzene rings is 2. The van der Waals surface area contributed by atoms with Crippen LogP contribution in [0.2, 0.25) is 0 Å². The van der Waals surface area contributed by atoms with Crippen LogP contribution in [-0.2, 0) is 20.9 Å². The summed E-state index contributed by atoms with van der Waals surface area (Å²) in [5, 5.41) is 4.52. The maximum absolute atomic E-state index is 12.3. The number of alkyl carbamates (subject to hydrolysis) is 1. The fourth-order valence-electron chi connectivity index (χ4n) is 3.23. The number of hydrogen-bond acceptors (Lipinski definition) is 7. The number of nitrogens with zero attached hydrogens (tertiary/aromatic N) is 1. The molecule has 0 unspecified atom stereocenters. The number of fused-ring (bicyclic) bond motifs is 1. The minimum atomic E-state index is -0.646. The number of nitrogens with two attached hydrogens (primary N) is 1. The molecule has 3 aromatic rings. The molecule has 0 aliphatic carbocycles. The Morgan fingerprint density at radius 3 is 2.59 bits per heavy atom. The van der Waals surface area contributed by atoms with E-state index in [-0.39, 0.29) is 25.6 Å². The number of nitrogens with one attached hydrogen (secondary N) is 1. The Morgan fingerprint density at radius 2 is 1.85 bits per heavy atom. The van der Waals surface area contributed by atoms with Crippen molar-refractivity contribution in [3.63, 3.8) is 0 Å². The van der Waals surface area contributed by atoms with Crippen LogP contribution >= 0.6 is 0 Å². The molecule has 3 N–H and O–H groups in total. The third-order valence-corrected chi connectivity index (χ3v) is 4.88. The smallest absolute Gasteiger partial charge is 0.407 e. The van der Waals surface area contributed by atoms with Crippen molar-refractivity contribution in [2.45, 2.75) is 51.9 Å². The molecule has 8 nitrogen and oxygen atoms in total. The van der Waals surface area contributed by atoms with Crippen LogP contribution in [0, 0.1) is 0 Å². The van der Waals surface area contributed by atoms with Gasteiger partial charge in [-0.25, -0.2) is 9.78 Å². The lowest BCUT2D eigenvalue weighted by molar-refractivity contribution is -0.145. The summed E-state index contributed by atoms with van der Waals surface area (Å²) < 4.78 is 16.6. The number of carbonyl (C=O) groups is 2. The molecular formula is C26H31N3O5. The van der Waals surface area contributed by atoms with Crippen LogP contribution < -0.4 is 15.8 Å². The summed E-state index contributed by atoms with van der Waals surface area (Å²) in [6.45, 7) is 5.69. The van der Waals surface area contributed by atoms with Crippen molar-refractivity contribution in [3.8, 4) is 5.75 Å². The van der Waals surface area contributed by atoms with Crippen molar-refractivity contribution in [1.82, 2.24) is 10.3 Å². The summed E-state index contributed by atoms with van der Waals surface area (Å²) in [5.41, 5.74) is 6.23. The molecule has 0 saturated heterocycles. The second kappa shape index (κ2) is 11.4. The van der Waals surface area contributed by atoms with Gasteiger partial charge >= 0.3 is 12.1 Å². The number of aromatic nitrogens is 1. The first-order valence-corrected chi connectivity index (χ1v) is 11.2. The van der Waals surface area contributed by atoms with Crippen LogP contribution in [0.1, 0.15) is 39.2 Å². The first kappa shape index (κ1) is 24.8. The van der Waals surface area contributed by atoms with Crippen molar-refractivity contribution >= 4 is 28.7 Å². The van der Waals surface area contributed by atoms with Gasteiger partial charge < -0.3 is 25.3 Å². The summed E-state index contributed by atoms with van der Waals surface area (Å²) in [5.74, 6) is 0.631. The van der Waals surface area contributed by atoms with Crippen molar-refractivity contribution in [1.29, 1.82) is 0 Å². The van der Waals surface area contributed by atoms with E-state index in [1.807, 2.05) is 48.5 Å². The van der Waals surface area contributed by atoms with Crippen LogP contribution in [0.4, 0.5) is 10.6 Å². The highest BCUT2D eigenvalue weighted by Gasteiger charge is 2.21. The first-order valence-electron chi connectivity index (χ1n) is 11.2. The van der Waals surface area contributed by atoms with Gasteiger partial charge in [0.15, 0.2) is 0 Å².